The lowest BCUT2D eigenvalue weighted by atomic mass is 10.1. The van der Waals surface area contributed by atoms with Gasteiger partial charge in [0.15, 0.2) is 5.76 Å². The number of amides is 2. The highest BCUT2D eigenvalue weighted by Gasteiger charge is 2.37. The number of pyridine rings is 1. The van der Waals surface area contributed by atoms with Crippen LogP contribution in [0.4, 0.5) is 4.39 Å². The second-order valence-electron chi connectivity index (χ2n) is 6.11. The van der Waals surface area contributed by atoms with E-state index in [0.717, 1.165) is 0 Å². The molecule has 3 heterocycles. The van der Waals surface area contributed by atoms with Gasteiger partial charge in [-0.25, -0.2) is 4.39 Å². The molecule has 0 N–H and O–H groups in total. The quantitative estimate of drug-likeness (QED) is 0.617. The SMILES string of the molecule is O=C1C(=O)N(C2C=C=C(F)C2)CCN1Cc1cc(-c2ccccn2)on1. The molecule has 1 unspecified atom stereocenters. The summed E-state index contributed by atoms with van der Waals surface area (Å²) in [7, 11) is 0. The van der Waals surface area contributed by atoms with Crippen LogP contribution < -0.4 is 0 Å². The van der Waals surface area contributed by atoms with Crippen molar-refractivity contribution in [3.05, 3.63) is 53.8 Å². The lowest BCUT2D eigenvalue weighted by Gasteiger charge is -2.36. The molecule has 1 aliphatic carbocycles. The van der Waals surface area contributed by atoms with Gasteiger partial charge in [0, 0.05) is 31.8 Å². The minimum Gasteiger partial charge on any atom is -0.354 e. The number of hydrogen-bond donors (Lipinski definition) is 0. The fourth-order valence-corrected chi connectivity index (χ4v) is 3.06. The van der Waals surface area contributed by atoms with Gasteiger partial charge >= 0.3 is 11.8 Å². The van der Waals surface area contributed by atoms with Gasteiger partial charge in [-0.2, -0.15) is 0 Å². The molecule has 132 valence electrons. The molecule has 7 nitrogen and oxygen atoms in total. The maximum Gasteiger partial charge on any atom is 0.312 e. The maximum absolute atomic E-state index is 13.2. The van der Waals surface area contributed by atoms with Gasteiger partial charge in [-0.15, -0.1) is 0 Å². The van der Waals surface area contributed by atoms with Crippen molar-refractivity contribution in [3.63, 3.8) is 0 Å². The summed E-state index contributed by atoms with van der Waals surface area (Å²) in [6.07, 6.45) is 3.22. The zero-order chi connectivity index (χ0) is 18.1. The first-order chi connectivity index (χ1) is 12.6. The molecule has 2 aliphatic rings. The monoisotopic (exact) mass is 354 g/mol. The Balaban J connectivity index is 1.42. The average molecular weight is 354 g/mol. The first-order valence-corrected chi connectivity index (χ1v) is 8.20. The van der Waals surface area contributed by atoms with Crippen molar-refractivity contribution in [2.24, 2.45) is 0 Å². The van der Waals surface area contributed by atoms with Crippen molar-refractivity contribution in [1.29, 1.82) is 0 Å². The van der Waals surface area contributed by atoms with Crippen molar-refractivity contribution in [3.8, 4) is 11.5 Å². The number of aromatic nitrogens is 2. The van der Waals surface area contributed by atoms with Crippen LogP contribution in [0.1, 0.15) is 12.1 Å². The predicted octanol–water partition coefficient (Wildman–Crippen LogP) is 1.69. The topological polar surface area (TPSA) is 79.5 Å². The van der Waals surface area contributed by atoms with Crippen LogP contribution >= 0.6 is 0 Å². The van der Waals surface area contributed by atoms with Gasteiger partial charge in [0.25, 0.3) is 0 Å². The van der Waals surface area contributed by atoms with Gasteiger partial charge in [0.1, 0.15) is 17.2 Å². The molecule has 1 saturated heterocycles. The predicted molar refractivity (Wildman–Crippen MR) is 88.0 cm³/mol. The Labute approximate surface area is 148 Å². The molecule has 2 amide bonds. The average Bonchev–Trinajstić information content (AvgIpc) is 3.29. The van der Waals surface area contributed by atoms with Crippen LogP contribution in [0, 0.1) is 0 Å². The lowest BCUT2D eigenvalue weighted by molar-refractivity contribution is -0.157. The Morgan fingerprint density at radius 2 is 2.15 bits per heavy atom. The molecule has 1 fully saturated rings. The van der Waals surface area contributed by atoms with Crippen molar-refractivity contribution in [1.82, 2.24) is 19.9 Å². The number of halogens is 1. The third-order valence-corrected chi connectivity index (χ3v) is 4.39. The molecule has 2 aromatic rings. The van der Waals surface area contributed by atoms with Gasteiger partial charge < -0.3 is 14.3 Å². The van der Waals surface area contributed by atoms with Crippen LogP contribution in [0.2, 0.25) is 0 Å². The minimum atomic E-state index is -0.637. The van der Waals surface area contributed by atoms with Crippen LogP contribution in [-0.2, 0) is 16.1 Å². The van der Waals surface area contributed by atoms with E-state index in [9.17, 15) is 14.0 Å². The summed E-state index contributed by atoms with van der Waals surface area (Å²) in [4.78, 5) is 31.7. The Kier molecular flexibility index (Phi) is 4.10. The molecular weight excluding hydrogens is 339 g/mol. The molecule has 1 aliphatic heterocycles. The van der Waals surface area contributed by atoms with Crippen LogP contribution in [0.3, 0.4) is 0 Å². The first-order valence-electron chi connectivity index (χ1n) is 8.20. The van der Waals surface area contributed by atoms with E-state index in [1.165, 1.54) is 15.9 Å². The number of piperazine rings is 1. The van der Waals surface area contributed by atoms with E-state index in [1.54, 1.807) is 24.4 Å². The van der Waals surface area contributed by atoms with Crippen LogP contribution in [0.15, 0.2) is 52.6 Å². The summed E-state index contributed by atoms with van der Waals surface area (Å²) < 4.78 is 18.4. The second kappa shape index (κ2) is 6.57. The highest BCUT2D eigenvalue weighted by molar-refractivity contribution is 6.35. The van der Waals surface area contributed by atoms with Gasteiger partial charge in [0.2, 0.25) is 0 Å². The molecule has 0 spiro atoms. The maximum atomic E-state index is 13.2. The molecule has 0 bridgehead atoms. The summed E-state index contributed by atoms with van der Waals surface area (Å²) in [5, 5.41) is 3.95. The van der Waals surface area contributed by atoms with Crippen LogP contribution in [0.25, 0.3) is 11.5 Å². The molecular formula is C18H15FN4O3. The van der Waals surface area contributed by atoms with E-state index in [1.807, 2.05) is 6.07 Å². The zero-order valence-electron chi connectivity index (χ0n) is 13.8. The number of nitrogens with zero attached hydrogens (tertiary/aromatic N) is 4. The molecule has 4 rings (SSSR count). The van der Waals surface area contributed by atoms with E-state index < -0.39 is 23.7 Å². The number of carbonyl (C=O) groups is 2. The van der Waals surface area contributed by atoms with Crippen LogP contribution in [0.5, 0.6) is 0 Å². The highest BCUT2D eigenvalue weighted by Crippen LogP contribution is 2.23. The number of hydrogen-bond acceptors (Lipinski definition) is 5. The smallest absolute Gasteiger partial charge is 0.312 e. The molecule has 8 heteroatoms. The summed E-state index contributed by atoms with van der Waals surface area (Å²) in [5.74, 6) is -1.17. The Morgan fingerprint density at radius 1 is 1.27 bits per heavy atom. The molecule has 0 saturated carbocycles. The Bertz CT molecular complexity index is 918. The standard InChI is InChI=1S/C18H15FN4O3/c19-12-4-5-14(9-12)23-8-7-22(17(24)18(23)25)11-13-10-16(26-21-13)15-3-1-2-6-20-15/h1-3,5-6,10,14H,7-9,11H2. The summed E-state index contributed by atoms with van der Waals surface area (Å²) in [6, 6.07) is 6.69. The first kappa shape index (κ1) is 16.2. The van der Waals surface area contributed by atoms with Crippen LogP contribution in [-0.4, -0.2) is 50.9 Å². The number of carbonyl (C=O) groups excluding carboxylic acids is 2. The molecule has 2 aromatic heterocycles. The summed E-state index contributed by atoms with van der Waals surface area (Å²) >= 11 is 0. The van der Waals surface area contributed by atoms with E-state index in [2.05, 4.69) is 15.9 Å². The Hall–Kier alpha value is -3.25. The van der Waals surface area contributed by atoms with Crippen molar-refractivity contribution < 1.29 is 18.5 Å². The van der Waals surface area contributed by atoms with E-state index in [-0.39, 0.29) is 13.0 Å². The fourth-order valence-electron chi connectivity index (χ4n) is 3.06. The zero-order valence-corrected chi connectivity index (χ0v) is 13.8. The van der Waals surface area contributed by atoms with Crippen molar-refractivity contribution in [2.75, 3.05) is 13.1 Å². The second-order valence-corrected chi connectivity index (χ2v) is 6.11. The summed E-state index contributed by atoms with van der Waals surface area (Å²) in [5.41, 5.74) is 3.63. The fraction of sp³-hybridized carbons (Fsp3) is 0.278. The molecule has 26 heavy (non-hydrogen) atoms. The molecule has 0 radical (unpaired) electrons. The largest absolute Gasteiger partial charge is 0.354 e. The molecule has 1 atom stereocenters. The van der Waals surface area contributed by atoms with E-state index >= 15 is 0 Å². The van der Waals surface area contributed by atoms with Gasteiger partial charge in [-0.3, -0.25) is 14.6 Å². The third-order valence-electron chi connectivity index (χ3n) is 4.39. The van der Waals surface area contributed by atoms with Gasteiger partial charge in [-0.1, -0.05) is 17.0 Å². The minimum absolute atomic E-state index is 0.0791. The van der Waals surface area contributed by atoms with E-state index in [4.69, 9.17) is 4.52 Å². The van der Waals surface area contributed by atoms with Crippen molar-refractivity contribution in [2.45, 2.75) is 19.0 Å². The number of rotatable bonds is 4. The van der Waals surface area contributed by atoms with Crippen molar-refractivity contribution >= 4 is 11.8 Å². The van der Waals surface area contributed by atoms with Gasteiger partial charge in [0.05, 0.1) is 12.6 Å². The lowest BCUT2D eigenvalue weighted by Crippen LogP contribution is -2.56. The molecule has 0 aromatic carbocycles. The summed E-state index contributed by atoms with van der Waals surface area (Å²) in [6.45, 7) is 0.857. The van der Waals surface area contributed by atoms with E-state index in [0.29, 0.717) is 30.2 Å². The normalized spacial score (nSPS) is 20.0. The third kappa shape index (κ3) is 3.02. The Morgan fingerprint density at radius 3 is 2.88 bits per heavy atom. The highest BCUT2D eigenvalue weighted by atomic mass is 19.1. The van der Waals surface area contributed by atoms with Gasteiger partial charge in [-0.05, 0) is 18.2 Å².